The molecule has 1 amide bonds. The van der Waals surface area contributed by atoms with Crippen molar-refractivity contribution in [1.82, 2.24) is 24.6 Å². The van der Waals surface area contributed by atoms with Crippen LogP contribution in [0, 0.1) is 13.8 Å². The molecule has 7 heteroatoms. The molecule has 0 fully saturated rings. The van der Waals surface area contributed by atoms with Gasteiger partial charge in [0.1, 0.15) is 23.0 Å². The molecule has 26 heavy (non-hydrogen) atoms. The Morgan fingerprint density at radius 3 is 2.50 bits per heavy atom. The van der Waals surface area contributed by atoms with Crippen molar-refractivity contribution in [3.05, 3.63) is 53.5 Å². The molecule has 3 rings (SSSR count). The predicted molar refractivity (Wildman–Crippen MR) is 98.6 cm³/mol. The van der Waals surface area contributed by atoms with Crippen LogP contribution in [0.15, 0.2) is 36.4 Å². The first kappa shape index (κ1) is 17.6. The summed E-state index contributed by atoms with van der Waals surface area (Å²) in [4.78, 5) is 18.2. The number of carbonyl (C=O) groups is 1. The van der Waals surface area contributed by atoms with E-state index >= 15 is 0 Å². The zero-order valence-corrected chi connectivity index (χ0v) is 15.5. The molecular weight excluding hydrogens is 330 g/mol. The number of pyridine rings is 1. The van der Waals surface area contributed by atoms with Crippen LogP contribution < -0.4 is 4.74 Å². The van der Waals surface area contributed by atoms with Crippen molar-refractivity contribution < 1.29 is 9.53 Å². The Balaban J connectivity index is 2.20. The zero-order valence-electron chi connectivity index (χ0n) is 15.5. The molecule has 0 atom stereocenters. The Kier molecular flexibility index (Phi) is 4.71. The van der Waals surface area contributed by atoms with Gasteiger partial charge in [-0.3, -0.25) is 9.36 Å². The number of benzene rings is 1. The van der Waals surface area contributed by atoms with Crippen molar-refractivity contribution in [2.75, 3.05) is 21.2 Å². The Bertz CT molecular complexity index is 962. The minimum Gasteiger partial charge on any atom is -0.495 e. The Morgan fingerprint density at radius 1 is 1.08 bits per heavy atom. The van der Waals surface area contributed by atoms with Gasteiger partial charge in [-0.25, -0.2) is 4.98 Å². The number of rotatable bonds is 4. The van der Waals surface area contributed by atoms with E-state index in [1.807, 2.05) is 42.7 Å². The molecule has 0 bridgehead atoms. The summed E-state index contributed by atoms with van der Waals surface area (Å²) in [6, 6.07) is 11.1. The monoisotopic (exact) mass is 351 g/mol. The van der Waals surface area contributed by atoms with Crippen LogP contribution in [0.2, 0.25) is 0 Å². The van der Waals surface area contributed by atoms with E-state index < -0.39 is 0 Å². The summed E-state index contributed by atoms with van der Waals surface area (Å²) < 4.78 is 7.43. The summed E-state index contributed by atoms with van der Waals surface area (Å²) in [5.41, 5.74) is 2.81. The van der Waals surface area contributed by atoms with E-state index in [0.717, 1.165) is 17.0 Å². The minimum absolute atomic E-state index is 0.164. The average molecular weight is 351 g/mol. The highest BCUT2D eigenvalue weighted by atomic mass is 16.5. The maximum Gasteiger partial charge on any atom is 0.271 e. The van der Waals surface area contributed by atoms with Crippen molar-refractivity contribution in [3.63, 3.8) is 0 Å². The molecule has 7 nitrogen and oxygen atoms in total. The highest BCUT2D eigenvalue weighted by molar-refractivity contribution is 5.92. The third kappa shape index (κ3) is 3.03. The number of hydrogen-bond donors (Lipinski definition) is 0. The smallest absolute Gasteiger partial charge is 0.271 e. The first-order valence-electron chi connectivity index (χ1n) is 8.19. The van der Waals surface area contributed by atoms with Crippen molar-refractivity contribution in [3.8, 4) is 23.0 Å². The summed E-state index contributed by atoms with van der Waals surface area (Å²) >= 11 is 0. The van der Waals surface area contributed by atoms with E-state index in [1.165, 1.54) is 4.90 Å². The number of aryl methyl sites for hydroxylation is 2. The van der Waals surface area contributed by atoms with E-state index in [1.54, 1.807) is 33.3 Å². The number of methoxy groups -OCH3 is 1. The third-order valence-corrected chi connectivity index (χ3v) is 4.07. The standard InChI is InChI=1S/C19H21N5O2/c1-12-8-6-11-16(26-5)17(12)24-13(2)21-22-18(24)14-9-7-10-15(20-14)19(25)23(3)4/h6-11H,1-5H3. The largest absolute Gasteiger partial charge is 0.495 e. The number of carbonyl (C=O) groups excluding carboxylic acids is 1. The van der Waals surface area contributed by atoms with E-state index in [9.17, 15) is 4.79 Å². The highest BCUT2D eigenvalue weighted by Gasteiger charge is 2.20. The fourth-order valence-electron chi connectivity index (χ4n) is 2.79. The minimum atomic E-state index is -0.164. The van der Waals surface area contributed by atoms with Gasteiger partial charge in [0.05, 0.1) is 12.8 Å². The summed E-state index contributed by atoms with van der Waals surface area (Å²) in [5, 5.41) is 8.51. The number of aromatic nitrogens is 4. The van der Waals surface area contributed by atoms with E-state index in [2.05, 4.69) is 15.2 Å². The second-order valence-electron chi connectivity index (χ2n) is 6.14. The first-order valence-corrected chi connectivity index (χ1v) is 8.19. The van der Waals surface area contributed by atoms with Gasteiger partial charge in [0.15, 0.2) is 5.82 Å². The SMILES string of the molecule is COc1cccc(C)c1-n1c(C)nnc1-c1cccc(C(=O)N(C)C)n1. The van der Waals surface area contributed by atoms with Gasteiger partial charge >= 0.3 is 0 Å². The number of hydrogen-bond acceptors (Lipinski definition) is 5. The number of nitrogens with zero attached hydrogens (tertiary/aromatic N) is 5. The lowest BCUT2D eigenvalue weighted by Gasteiger charge is -2.15. The van der Waals surface area contributed by atoms with E-state index in [4.69, 9.17) is 4.74 Å². The third-order valence-electron chi connectivity index (χ3n) is 4.07. The van der Waals surface area contributed by atoms with Gasteiger partial charge in [-0.1, -0.05) is 18.2 Å². The van der Waals surface area contributed by atoms with Gasteiger partial charge in [0.25, 0.3) is 5.91 Å². The molecule has 0 saturated carbocycles. The molecular formula is C19H21N5O2. The molecule has 0 saturated heterocycles. The lowest BCUT2D eigenvalue weighted by atomic mass is 10.1. The van der Waals surface area contributed by atoms with Crippen molar-refractivity contribution in [2.24, 2.45) is 0 Å². The van der Waals surface area contributed by atoms with Gasteiger partial charge in [-0.15, -0.1) is 10.2 Å². The van der Waals surface area contributed by atoms with Crippen molar-refractivity contribution in [1.29, 1.82) is 0 Å². The molecule has 0 unspecified atom stereocenters. The second-order valence-corrected chi connectivity index (χ2v) is 6.14. The van der Waals surface area contributed by atoms with Crippen LogP contribution in [0.3, 0.4) is 0 Å². The highest BCUT2D eigenvalue weighted by Crippen LogP contribution is 2.31. The van der Waals surface area contributed by atoms with Gasteiger partial charge in [-0.05, 0) is 37.6 Å². The number of para-hydroxylation sites is 1. The fraction of sp³-hybridized carbons (Fsp3) is 0.263. The van der Waals surface area contributed by atoms with Crippen LogP contribution in [0.5, 0.6) is 5.75 Å². The lowest BCUT2D eigenvalue weighted by Crippen LogP contribution is -2.22. The molecule has 0 spiro atoms. The first-order chi connectivity index (χ1) is 12.4. The summed E-state index contributed by atoms with van der Waals surface area (Å²) in [6.45, 7) is 3.87. The molecule has 0 N–H and O–H groups in total. The van der Waals surface area contributed by atoms with Gasteiger partial charge in [-0.2, -0.15) is 0 Å². The molecule has 2 heterocycles. The van der Waals surface area contributed by atoms with Crippen LogP contribution in [0.4, 0.5) is 0 Å². The van der Waals surface area contributed by atoms with Crippen molar-refractivity contribution in [2.45, 2.75) is 13.8 Å². The van der Waals surface area contributed by atoms with Crippen LogP contribution in [0.1, 0.15) is 21.9 Å². The van der Waals surface area contributed by atoms with Gasteiger partial charge in [0, 0.05) is 14.1 Å². The number of amides is 1. The molecule has 0 aliphatic rings. The summed E-state index contributed by atoms with van der Waals surface area (Å²) in [7, 11) is 5.02. The molecule has 0 aliphatic carbocycles. The van der Waals surface area contributed by atoms with Crippen LogP contribution >= 0.6 is 0 Å². The molecule has 1 aromatic carbocycles. The number of ether oxygens (including phenoxy) is 1. The van der Waals surface area contributed by atoms with Gasteiger partial charge < -0.3 is 9.64 Å². The Morgan fingerprint density at radius 2 is 1.81 bits per heavy atom. The van der Waals surface area contributed by atoms with E-state index in [0.29, 0.717) is 23.0 Å². The van der Waals surface area contributed by atoms with Gasteiger partial charge in [0.2, 0.25) is 0 Å². The van der Waals surface area contributed by atoms with E-state index in [-0.39, 0.29) is 5.91 Å². The molecule has 2 aromatic heterocycles. The topological polar surface area (TPSA) is 73.1 Å². The quantitative estimate of drug-likeness (QED) is 0.722. The van der Waals surface area contributed by atoms with Crippen molar-refractivity contribution >= 4 is 5.91 Å². The summed E-state index contributed by atoms with van der Waals surface area (Å²) in [6.07, 6.45) is 0. The molecule has 0 radical (unpaired) electrons. The Hall–Kier alpha value is -3.22. The maximum absolute atomic E-state index is 12.2. The summed E-state index contributed by atoms with van der Waals surface area (Å²) in [5.74, 6) is 1.82. The zero-order chi connectivity index (χ0) is 18.8. The molecule has 3 aromatic rings. The molecule has 0 aliphatic heterocycles. The predicted octanol–water partition coefficient (Wildman–Crippen LogP) is 2.66. The lowest BCUT2D eigenvalue weighted by molar-refractivity contribution is 0.0822. The normalized spacial score (nSPS) is 10.7. The fourth-order valence-corrected chi connectivity index (χ4v) is 2.79. The second kappa shape index (κ2) is 6.95. The maximum atomic E-state index is 12.2. The average Bonchev–Trinajstić information content (AvgIpc) is 3.02. The molecule has 134 valence electrons. The van der Waals surface area contributed by atoms with Crippen LogP contribution in [0.25, 0.3) is 17.2 Å². The van der Waals surface area contributed by atoms with Crippen LogP contribution in [-0.2, 0) is 0 Å². The van der Waals surface area contributed by atoms with Crippen LogP contribution in [-0.4, -0.2) is 51.8 Å². The Labute approximate surface area is 152 Å².